The average molecular weight is 609 g/mol. The molecule has 0 radical (unpaired) electrons. The Kier molecular flexibility index (Phi) is 8.96. The van der Waals surface area contributed by atoms with Crippen LogP contribution in [0.5, 0.6) is 0 Å². The monoisotopic (exact) mass is 608 g/mol. The zero-order valence-electron chi connectivity index (χ0n) is 26.2. The Labute approximate surface area is 259 Å². The van der Waals surface area contributed by atoms with Gasteiger partial charge < -0.3 is 14.6 Å². The SMILES string of the molecule is Cc1ccc(C(OCC2O[C@@H](n3cc(C)c(=O)[nH]c3=O)C[C@@H]2O)(c2ccc(C)cc2)c2ccc(C#C[Si](C)(C)C)cc2)cc1. The summed E-state index contributed by atoms with van der Waals surface area (Å²) in [5.41, 5.74) is 7.76. The summed E-state index contributed by atoms with van der Waals surface area (Å²) in [7, 11) is -1.54. The number of benzene rings is 3. The minimum Gasteiger partial charge on any atom is -0.390 e. The number of aromatic nitrogens is 2. The first-order chi connectivity index (χ1) is 20.9. The summed E-state index contributed by atoms with van der Waals surface area (Å²) in [6.07, 6.45) is -0.675. The van der Waals surface area contributed by atoms with Gasteiger partial charge in [-0.2, -0.15) is 0 Å². The summed E-state index contributed by atoms with van der Waals surface area (Å²) in [4.78, 5) is 26.8. The quantitative estimate of drug-likeness (QED) is 0.168. The van der Waals surface area contributed by atoms with Crippen LogP contribution in [-0.2, 0) is 15.1 Å². The van der Waals surface area contributed by atoms with Crippen LogP contribution in [0.4, 0.5) is 0 Å². The van der Waals surface area contributed by atoms with Crippen LogP contribution in [0.2, 0.25) is 19.6 Å². The number of hydrogen-bond donors (Lipinski definition) is 2. The Morgan fingerprint density at radius 3 is 1.95 bits per heavy atom. The molecular formula is C36H40N2O5Si. The van der Waals surface area contributed by atoms with Crippen LogP contribution >= 0.6 is 0 Å². The molecule has 2 heterocycles. The van der Waals surface area contributed by atoms with Gasteiger partial charge >= 0.3 is 5.69 Å². The lowest BCUT2D eigenvalue weighted by molar-refractivity contribution is -0.0944. The number of ether oxygens (including phenoxy) is 2. The van der Waals surface area contributed by atoms with E-state index in [1.54, 1.807) is 6.92 Å². The molecule has 8 heteroatoms. The van der Waals surface area contributed by atoms with Crippen molar-refractivity contribution in [3.8, 4) is 11.5 Å². The van der Waals surface area contributed by atoms with Crippen molar-refractivity contribution in [2.45, 2.75) is 70.9 Å². The van der Waals surface area contributed by atoms with Crippen molar-refractivity contribution in [2.75, 3.05) is 6.61 Å². The summed E-state index contributed by atoms with van der Waals surface area (Å²) in [5.74, 6) is 3.34. The molecular weight excluding hydrogens is 568 g/mol. The maximum Gasteiger partial charge on any atom is 0.330 e. The zero-order valence-corrected chi connectivity index (χ0v) is 27.2. The highest BCUT2D eigenvalue weighted by molar-refractivity contribution is 6.83. The van der Waals surface area contributed by atoms with Crippen LogP contribution in [0.1, 0.15) is 51.6 Å². The molecule has 2 N–H and O–H groups in total. The first-order valence-corrected chi connectivity index (χ1v) is 18.4. The molecule has 1 aromatic heterocycles. The van der Waals surface area contributed by atoms with Gasteiger partial charge in [-0.1, -0.05) is 97.4 Å². The molecule has 0 bridgehead atoms. The highest BCUT2D eigenvalue weighted by Crippen LogP contribution is 2.42. The number of hydrogen-bond acceptors (Lipinski definition) is 5. The van der Waals surface area contributed by atoms with Crippen molar-refractivity contribution in [2.24, 2.45) is 0 Å². The van der Waals surface area contributed by atoms with Gasteiger partial charge in [-0.15, -0.1) is 5.54 Å². The van der Waals surface area contributed by atoms with E-state index < -0.39 is 43.4 Å². The van der Waals surface area contributed by atoms with Gasteiger partial charge in [0.15, 0.2) is 0 Å². The molecule has 3 atom stereocenters. The van der Waals surface area contributed by atoms with Crippen molar-refractivity contribution >= 4 is 8.07 Å². The van der Waals surface area contributed by atoms with E-state index >= 15 is 0 Å². The molecule has 0 amide bonds. The third-order valence-electron chi connectivity index (χ3n) is 7.91. The van der Waals surface area contributed by atoms with Crippen LogP contribution in [-0.4, -0.2) is 41.5 Å². The minimum atomic E-state index is -1.54. The molecule has 0 saturated carbocycles. The summed E-state index contributed by atoms with van der Waals surface area (Å²) >= 11 is 0. The van der Waals surface area contributed by atoms with Crippen molar-refractivity contribution in [1.29, 1.82) is 0 Å². The molecule has 3 aromatic carbocycles. The van der Waals surface area contributed by atoms with Crippen molar-refractivity contribution < 1.29 is 14.6 Å². The molecule has 0 aliphatic carbocycles. The molecule has 0 spiro atoms. The molecule has 4 aromatic rings. The predicted molar refractivity (Wildman–Crippen MR) is 175 cm³/mol. The van der Waals surface area contributed by atoms with Crippen LogP contribution in [0.3, 0.4) is 0 Å². The lowest BCUT2D eigenvalue weighted by Crippen LogP contribution is -2.38. The lowest BCUT2D eigenvalue weighted by Gasteiger charge is -2.37. The Balaban J connectivity index is 1.56. The van der Waals surface area contributed by atoms with Gasteiger partial charge in [0.25, 0.3) is 5.56 Å². The van der Waals surface area contributed by atoms with Gasteiger partial charge in [0.1, 0.15) is 26.0 Å². The van der Waals surface area contributed by atoms with Gasteiger partial charge in [-0.05, 0) is 49.6 Å². The second-order valence-electron chi connectivity index (χ2n) is 12.7. The molecule has 1 saturated heterocycles. The smallest absolute Gasteiger partial charge is 0.330 e. The van der Waals surface area contributed by atoms with Crippen molar-refractivity contribution in [1.82, 2.24) is 9.55 Å². The van der Waals surface area contributed by atoms with Crippen LogP contribution in [0.15, 0.2) is 88.6 Å². The highest BCUT2D eigenvalue weighted by atomic mass is 28.3. The van der Waals surface area contributed by atoms with E-state index in [2.05, 4.69) is 96.8 Å². The zero-order chi connectivity index (χ0) is 31.6. The molecule has 44 heavy (non-hydrogen) atoms. The number of aliphatic hydroxyl groups is 1. The summed E-state index contributed by atoms with van der Waals surface area (Å²) in [5, 5.41) is 11.1. The fraction of sp³-hybridized carbons (Fsp3) is 0.333. The highest BCUT2D eigenvalue weighted by Gasteiger charge is 2.42. The predicted octanol–water partition coefficient (Wildman–Crippen LogP) is 5.35. The first-order valence-electron chi connectivity index (χ1n) is 14.9. The van der Waals surface area contributed by atoms with E-state index in [0.717, 1.165) is 33.4 Å². The molecule has 1 unspecified atom stereocenters. The van der Waals surface area contributed by atoms with Gasteiger partial charge in [-0.3, -0.25) is 14.3 Å². The summed E-state index contributed by atoms with van der Waals surface area (Å²) < 4.78 is 14.5. The normalized spacial score (nSPS) is 18.6. The van der Waals surface area contributed by atoms with Crippen LogP contribution < -0.4 is 11.2 Å². The minimum absolute atomic E-state index is 0.0493. The van der Waals surface area contributed by atoms with E-state index in [9.17, 15) is 14.7 Å². The topological polar surface area (TPSA) is 93.5 Å². The third kappa shape index (κ3) is 6.72. The second-order valence-corrected chi connectivity index (χ2v) is 17.5. The lowest BCUT2D eigenvalue weighted by atomic mass is 9.79. The fourth-order valence-electron chi connectivity index (χ4n) is 5.42. The second kappa shape index (κ2) is 12.5. The van der Waals surface area contributed by atoms with Crippen LogP contribution in [0, 0.1) is 32.2 Å². The number of aliphatic hydroxyl groups excluding tert-OH is 1. The number of aryl methyl sites for hydroxylation is 3. The summed E-state index contributed by atoms with van der Waals surface area (Å²) in [6, 6.07) is 24.8. The number of aromatic amines is 1. The number of H-pyrrole nitrogens is 1. The van der Waals surface area contributed by atoms with Gasteiger partial charge in [0.05, 0.1) is 12.7 Å². The van der Waals surface area contributed by atoms with E-state index in [4.69, 9.17) is 9.47 Å². The van der Waals surface area contributed by atoms with Crippen molar-refractivity contribution in [3.63, 3.8) is 0 Å². The number of rotatable bonds is 7. The average Bonchev–Trinajstić information content (AvgIpc) is 3.35. The Hall–Kier alpha value is -4.00. The standard InChI is InChI=1S/C36H40N2O5Si/c1-24-7-13-28(14-8-24)36(29-15-9-25(2)10-16-29,30-17-11-27(12-18-30)19-20-44(4,5)6)42-23-32-31(39)21-33(43-32)38-22-26(3)34(40)37-35(38)41/h7-18,22,31-33,39H,21,23H2,1-6H3,(H,37,40,41)/t31-,32?,33+/m0/s1. The third-order valence-corrected chi connectivity index (χ3v) is 8.79. The van der Waals surface area contributed by atoms with E-state index in [1.807, 2.05) is 26.0 Å². The van der Waals surface area contributed by atoms with E-state index in [-0.39, 0.29) is 13.0 Å². The first kappa shape index (κ1) is 31.4. The van der Waals surface area contributed by atoms with Crippen LogP contribution in [0.25, 0.3) is 0 Å². The van der Waals surface area contributed by atoms with Gasteiger partial charge in [-0.25, -0.2) is 4.79 Å². The maximum absolute atomic E-state index is 12.6. The van der Waals surface area contributed by atoms with Crippen molar-refractivity contribution in [3.05, 3.63) is 139 Å². The maximum atomic E-state index is 12.6. The molecule has 1 aliphatic heterocycles. The Bertz CT molecular complexity index is 1740. The number of nitrogens with one attached hydrogen (secondary N) is 1. The van der Waals surface area contributed by atoms with Gasteiger partial charge in [0.2, 0.25) is 0 Å². The Morgan fingerprint density at radius 2 is 1.43 bits per heavy atom. The number of nitrogens with zero attached hydrogens (tertiary/aromatic N) is 1. The fourth-order valence-corrected chi connectivity index (χ4v) is 5.94. The molecule has 1 fully saturated rings. The molecule has 228 valence electrons. The molecule has 7 nitrogen and oxygen atoms in total. The summed E-state index contributed by atoms with van der Waals surface area (Å²) in [6.45, 7) is 12.4. The largest absolute Gasteiger partial charge is 0.390 e. The molecule has 1 aliphatic rings. The van der Waals surface area contributed by atoms with E-state index in [1.165, 1.54) is 10.8 Å². The van der Waals surface area contributed by atoms with E-state index in [0.29, 0.717) is 5.56 Å². The molecule has 5 rings (SSSR count). The van der Waals surface area contributed by atoms with Gasteiger partial charge in [0, 0.05) is 23.7 Å². The Morgan fingerprint density at radius 1 is 0.909 bits per heavy atom.